The van der Waals surface area contributed by atoms with Crippen LogP contribution < -0.4 is 4.74 Å². The lowest BCUT2D eigenvalue weighted by atomic mass is 10.1. The molecule has 1 heterocycles. The molecule has 1 aliphatic rings. The van der Waals surface area contributed by atoms with Crippen molar-refractivity contribution in [3.63, 3.8) is 0 Å². The minimum Gasteiger partial charge on any atom is -0.497 e. The van der Waals surface area contributed by atoms with E-state index in [4.69, 9.17) is 14.2 Å². The molecule has 0 spiro atoms. The summed E-state index contributed by atoms with van der Waals surface area (Å²) in [5.41, 5.74) is 1.05. The number of hydrogen-bond acceptors (Lipinski definition) is 4. The maximum atomic E-state index is 12.8. The minimum atomic E-state index is -0.470. The van der Waals surface area contributed by atoms with Gasteiger partial charge in [-0.25, -0.2) is 0 Å². The molecule has 0 saturated carbocycles. The first-order valence-corrected chi connectivity index (χ1v) is 8.74. The molecule has 2 rings (SSSR count). The smallest absolute Gasteiger partial charge is 0.251 e. The Morgan fingerprint density at radius 2 is 2.21 bits per heavy atom. The molecule has 1 saturated heterocycles. The van der Waals surface area contributed by atoms with Crippen LogP contribution in [0.15, 0.2) is 24.3 Å². The van der Waals surface area contributed by atoms with Crippen LogP contribution in [0.3, 0.4) is 0 Å². The van der Waals surface area contributed by atoms with Gasteiger partial charge in [-0.1, -0.05) is 12.1 Å². The molecule has 0 unspecified atom stereocenters. The molecule has 1 aromatic carbocycles. The second-order valence-electron chi connectivity index (χ2n) is 6.19. The molecule has 1 amide bonds. The number of carbonyl (C=O) groups excluding carboxylic acids is 1. The highest BCUT2D eigenvalue weighted by molar-refractivity contribution is 5.81. The highest BCUT2D eigenvalue weighted by atomic mass is 16.5. The first-order chi connectivity index (χ1) is 11.6. The van der Waals surface area contributed by atoms with E-state index >= 15 is 0 Å². The highest BCUT2D eigenvalue weighted by Crippen LogP contribution is 2.25. The van der Waals surface area contributed by atoms with Crippen LogP contribution in [0.1, 0.15) is 45.2 Å². The van der Waals surface area contributed by atoms with E-state index in [9.17, 15) is 4.79 Å². The average Bonchev–Trinajstić information content (AvgIpc) is 3.13. The van der Waals surface area contributed by atoms with Crippen molar-refractivity contribution in [3.8, 4) is 5.75 Å². The lowest BCUT2D eigenvalue weighted by Crippen LogP contribution is -2.41. The first kappa shape index (κ1) is 18.7. The van der Waals surface area contributed by atoms with Gasteiger partial charge in [0, 0.05) is 13.2 Å². The normalized spacial score (nSPS) is 19.8. The summed E-state index contributed by atoms with van der Waals surface area (Å²) in [5.74, 6) is 0.802. The Balaban J connectivity index is 1.98. The lowest BCUT2D eigenvalue weighted by Gasteiger charge is -2.31. The van der Waals surface area contributed by atoms with Gasteiger partial charge in [0.1, 0.15) is 11.9 Å². The summed E-state index contributed by atoms with van der Waals surface area (Å²) in [7, 11) is 1.65. The number of benzene rings is 1. The molecule has 1 fully saturated rings. The summed E-state index contributed by atoms with van der Waals surface area (Å²) in [6.07, 6.45) is 1.75. The second kappa shape index (κ2) is 9.04. The Kier molecular flexibility index (Phi) is 7.06. The van der Waals surface area contributed by atoms with E-state index in [1.54, 1.807) is 7.11 Å². The first-order valence-electron chi connectivity index (χ1n) is 8.74. The highest BCUT2D eigenvalue weighted by Gasteiger charge is 2.26. The van der Waals surface area contributed by atoms with Gasteiger partial charge in [-0.05, 0) is 51.3 Å². The van der Waals surface area contributed by atoms with E-state index in [0.717, 1.165) is 30.8 Å². The van der Waals surface area contributed by atoms with Gasteiger partial charge in [0.2, 0.25) is 0 Å². The molecular weight excluding hydrogens is 306 g/mol. The summed E-state index contributed by atoms with van der Waals surface area (Å²) in [5, 5.41) is 0. The summed E-state index contributed by atoms with van der Waals surface area (Å²) >= 11 is 0. The molecule has 0 N–H and O–H groups in total. The number of methoxy groups -OCH3 is 1. The Labute approximate surface area is 144 Å². The minimum absolute atomic E-state index is 0.00539. The van der Waals surface area contributed by atoms with E-state index in [1.807, 2.05) is 49.9 Å². The molecule has 0 aromatic heterocycles. The molecule has 0 aliphatic carbocycles. The van der Waals surface area contributed by atoms with Gasteiger partial charge in [0.05, 0.1) is 25.9 Å². The third-order valence-electron chi connectivity index (χ3n) is 4.57. The third-order valence-corrected chi connectivity index (χ3v) is 4.57. The number of rotatable bonds is 8. The zero-order chi connectivity index (χ0) is 17.5. The van der Waals surface area contributed by atoms with E-state index in [0.29, 0.717) is 13.2 Å². The van der Waals surface area contributed by atoms with Crippen molar-refractivity contribution in [2.45, 2.75) is 51.9 Å². The molecule has 24 heavy (non-hydrogen) atoms. The van der Waals surface area contributed by atoms with Crippen LogP contribution in [-0.2, 0) is 14.3 Å². The van der Waals surface area contributed by atoms with Gasteiger partial charge in [-0.15, -0.1) is 0 Å². The molecule has 0 radical (unpaired) electrons. The fourth-order valence-corrected chi connectivity index (χ4v) is 3.03. The predicted octanol–water partition coefficient (Wildman–Crippen LogP) is 3.19. The number of hydrogen-bond donors (Lipinski definition) is 0. The molecular formula is C19H29NO4. The van der Waals surface area contributed by atoms with Gasteiger partial charge in [-0.2, -0.15) is 0 Å². The topological polar surface area (TPSA) is 48.0 Å². The Hall–Kier alpha value is -1.59. The summed E-state index contributed by atoms with van der Waals surface area (Å²) in [6.45, 7) is 7.75. The number of nitrogens with zero attached hydrogens (tertiary/aromatic N) is 1. The molecule has 134 valence electrons. The van der Waals surface area contributed by atoms with Crippen molar-refractivity contribution in [2.24, 2.45) is 0 Å². The van der Waals surface area contributed by atoms with Crippen molar-refractivity contribution in [3.05, 3.63) is 29.8 Å². The largest absolute Gasteiger partial charge is 0.497 e. The number of carbonyl (C=O) groups is 1. The van der Waals surface area contributed by atoms with Crippen LogP contribution in [0.5, 0.6) is 5.75 Å². The number of amides is 1. The Morgan fingerprint density at radius 3 is 2.83 bits per heavy atom. The number of ether oxygens (including phenoxy) is 3. The van der Waals surface area contributed by atoms with Crippen LogP contribution in [0, 0.1) is 0 Å². The summed E-state index contributed by atoms with van der Waals surface area (Å²) < 4.78 is 16.6. The second-order valence-corrected chi connectivity index (χ2v) is 6.19. The van der Waals surface area contributed by atoms with Crippen molar-refractivity contribution in [1.82, 2.24) is 4.90 Å². The third kappa shape index (κ3) is 4.71. The summed E-state index contributed by atoms with van der Waals surface area (Å²) in [4.78, 5) is 14.6. The maximum absolute atomic E-state index is 12.8. The lowest BCUT2D eigenvalue weighted by molar-refractivity contribution is -0.146. The van der Waals surface area contributed by atoms with Crippen molar-refractivity contribution in [2.75, 3.05) is 26.9 Å². The Morgan fingerprint density at radius 1 is 1.42 bits per heavy atom. The van der Waals surface area contributed by atoms with Gasteiger partial charge in [-0.3, -0.25) is 4.79 Å². The van der Waals surface area contributed by atoms with E-state index in [1.165, 1.54) is 0 Å². The summed E-state index contributed by atoms with van der Waals surface area (Å²) in [6, 6.07) is 7.80. The van der Waals surface area contributed by atoms with E-state index in [2.05, 4.69) is 0 Å². The van der Waals surface area contributed by atoms with Gasteiger partial charge < -0.3 is 19.1 Å². The standard InChI is InChI=1S/C19H29NO4/c1-5-20(14(2)16-8-6-9-17(12-16)22-4)19(21)15(3)24-13-18-10-7-11-23-18/h6,8-9,12,14-15,18H,5,7,10-11,13H2,1-4H3/t14-,15-,18+/m0/s1. The van der Waals surface area contributed by atoms with Gasteiger partial charge in [0.15, 0.2) is 0 Å². The van der Waals surface area contributed by atoms with Crippen molar-refractivity contribution >= 4 is 5.91 Å². The molecule has 1 aliphatic heterocycles. The molecule has 1 aromatic rings. The van der Waals surface area contributed by atoms with Crippen LogP contribution >= 0.6 is 0 Å². The zero-order valence-electron chi connectivity index (χ0n) is 15.2. The van der Waals surface area contributed by atoms with Crippen LogP contribution in [-0.4, -0.2) is 49.9 Å². The fraction of sp³-hybridized carbons (Fsp3) is 0.632. The quantitative estimate of drug-likeness (QED) is 0.732. The monoisotopic (exact) mass is 335 g/mol. The van der Waals surface area contributed by atoms with Crippen molar-refractivity contribution < 1.29 is 19.0 Å². The fourth-order valence-electron chi connectivity index (χ4n) is 3.03. The SMILES string of the molecule is CCN(C(=O)[C@H](C)OC[C@H]1CCCO1)[C@@H](C)c1cccc(OC)c1. The molecule has 3 atom stereocenters. The van der Waals surface area contributed by atoms with Crippen LogP contribution in [0.25, 0.3) is 0 Å². The van der Waals surface area contributed by atoms with Gasteiger partial charge >= 0.3 is 0 Å². The zero-order valence-corrected chi connectivity index (χ0v) is 15.2. The maximum Gasteiger partial charge on any atom is 0.251 e. The van der Waals surface area contributed by atoms with Crippen molar-refractivity contribution in [1.29, 1.82) is 0 Å². The Bertz CT molecular complexity index is 528. The average molecular weight is 335 g/mol. The molecule has 5 heteroatoms. The van der Waals surface area contributed by atoms with Crippen LogP contribution in [0.2, 0.25) is 0 Å². The number of likely N-dealkylation sites (N-methyl/N-ethyl adjacent to an activating group) is 1. The van der Waals surface area contributed by atoms with Gasteiger partial charge in [0.25, 0.3) is 5.91 Å². The van der Waals surface area contributed by atoms with E-state index in [-0.39, 0.29) is 18.1 Å². The van der Waals surface area contributed by atoms with E-state index < -0.39 is 6.10 Å². The molecule has 0 bridgehead atoms. The van der Waals surface area contributed by atoms with Crippen LogP contribution in [0.4, 0.5) is 0 Å². The molecule has 5 nitrogen and oxygen atoms in total. The predicted molar refractivity (Wildman–Crippen MR) is 93.2 cm³/mol.